The molecule has 1 N–H and O–H groups in total. The molecule has 1 atom stereocenters. The van der Waals surface area contributed by atoms with Gasteiger partial charge in [-0.15, -0.1) is 0 Å². The summed E-state index contributed by atoms with van der Waals surface area (Å²) in [7, 11) is 1.78. The van der Waals surface area contributed by atoms with E-state index in [1.807, 2.05) is 0 Å². The highest BCUT2D eigenvalue weighted by molar-refractivity contribution is 5.38. The normalized spacial score (nSPS) is 22.3. The number of nitrogens with one attached hydrogen (secondary N) is 1. The van der Waals surface area contributed by atoms with Crippen LogP contribution in [0, 0.1) is 5.92 Å². The first kappa shape index (κ1) is 14.3. The van der Waals surface area contributed by atoms with Gasteiger partial charge in [0.05, 0.1) is 26.4 Å². The molecule has 0 bridgehead atoms. The van der Waals surface area contributed by atoms with E-state index in [9.17, 15) is 0 Å². The largest absolute Gasteiger partial charge is 0.463 e. The number of anilines is 2. The summed E-state index contributed by atoms with van der Waals surface area (Å²) in [6.45, 7) is 5.08. The van der Waals surface area contributed by atoms with Gasteiger partial charge in [-0.3, -0.25) is 0 Å². The Morgan fingerprint density at radius 2 is 2.05 bits per heavy atom. The molecule has 3 heterocycles. The van der Waals surface area contributed by atoms with E-state index in [0.717, 1.165) is 32.7 Å². The van der Waals surface area contributed by atoms with Crippen LogP contribution in [0.1, 0.15) is 6.42 Å². The number of morpholine rings is 1. The van der Waals surface area contributed by atoms with Crippen molar-refractivity contribution in [1.29, 1.82) is 0 Å². The zero-order valence-corrected chi connectivity index (χ0v) is 12.2. The Morgan fingerprint density at radius 3 is 2.76 bits per heavy atom. The SMILES string of the molecule is CNc1nc(OCC2CCOC2)nc(N2CCOCC2)n1. The minimum absolute atomic E-state index is 0.364. The van der Waals surface area contributed by atoms with Crippen molar-refractivity contribution in [3.63, 3.8) is 0 Å². The average molecular weight is 295 g/mol. The summed E-state index contributed by atoms with van der Waals surface area (Å²) < 4.78 is 16.4. The number of rotatable bonds is 5. The van der Waals surface area contributed by atoms with Crippen LogP contribution in [-0.4, -0.2) is 68.1 Å². The van der Waals surface area contributed by atoms with Gasteiger partial charge in [0.15, 0.2) is 0 Å². The van der Waals surface area contributed by atoms with Gasteiger partial charge in [0.25, 0.3) is 0 Å². The van der Waals surface area contributed by atoms with Gasteiger partial charge in [0.2, 0.25) is 11.9 Å². The van der Waals surface area contributed by atoms with E-state index in [-0.39, 0.29) is 0 Å². The average Bonchev–Trinajstić information content (AvgIpc) is 3.07. The fourth-order valence-corrected chi connectivity index (χ4v) is 2.33. The first-order valence-electron chi connectivity index (χ1n) is 7.32. The summed E-state index contributed by atoms with van der Waals surface area (Å²) in [5.74, 6) is 1.58. The molecular weight excluding hydrogens is 274 g/mol. The molecule has 3 rings (SSSR count). The Hall–Kier alpha value is -1.67. The smallest absolute Gasteiger partial charge is 0.323 e. The molecule has 0 spiro atoms. The molecule has 1 aromatic rings. The summed E-state index contributed by atoms with van der Waals surface area (Å²) in [5, 5.41) is 2.95. The second kappa shape index (κ2) is 6.86. The molecule has 0 aliphatic carbocycles. The van der Waals surface area contributed by atoms with E-state index in [2.05, 4.69) is 25.2 Å². The van der Waals surface area contributed by atoms with E-state index < -0.39 is 0 Å². The summed E-state index contributed by atoms with van der Waals surface area (Å²) in [6, 6.07) is 0.364. The third-order valence-corrected chi connectivity index (χ3v) is 3.59. The minimum atomic E-state index is 0.364. The van der Waals surface area contributed by atoms with E-state index in [1.54, 1.807) is 7.05 Å². The van der Waals surface area contributed by atoms with Crippen LogP contribution < -0.4 is 15.0 Å². The Kier molecular flexibility index (Phi) is 4.66. The molecule has 0 amide bonds. The lowest BCUT2D eigenvalue weighted by atomic mass is 10.1. The van der Waals surface area contributed by atoms with Gasteiger partial charge in [-0.25, -0.2) is 0 Å². The first-order valence-corrected chi connectivity index (χ1v) is 7.32. The van der Waals surface area contributed by atoms with Gasteiger partial charge in [0, 0.05) is 32.7 Å². The summed E-state index contributed by atoms with van der Waals surface area (Å²) in [4.78, 5) is 15.1. The van der Waals surface area contributed by atoms with Crippen molar-refractivity contribution in [3.8, 4) is 6.01 Å². The van der Waals surface area contributed by atoms with Crippen LogP contribution in [0.4, 0.5) is 11.9 Å². The fourth-order valence-electron chi connectivity index (χ4n) is 2.33. The monoisotopic (exact) mass is 295 g/mol. The molecule has 1 aromatic heterocycles. The second-order valence-electron chi connectivity index (χ2n) is 5.13. The third-order valence-electron chi connectivity index (χ3n) is 3.59. The van der Waals surface area contributed by atoms with Crippen molar-refractivity contribution in [2.75, 3.05) is 63.4 Å². The Balaban J connectivity index is 1.69. The maximum Gasteiger partial charge on any atom is 0.323 e. The molecule has 2 aliphatic heterocycles. The van der Waals surface area contributed by atoms with Crippen LogP contribution >= 0.6 is 0 Å². The molecule has 2 saturated heterocycles. The zero-order valence-electron chi connectivity index (χ0n) is 12.2. The van der Waals surface area contributed by atoms with Crippen LogP contribution in [0.2, 0.25) is 0 Å². The Labute approximate surface area is 123 Å². The van der Waals surface area contributed by atoms with Gasteiger partial charge < -0.3 is 24.4 Å². The quantitative estimate of drug-likeness (QED) is 0.823. The number of hydrogen-bond acceptors (Lipinski definition) is 8. The zero-order chi connectivity index (χ0) is 14.5. The highest BCUT2D eigenvalue weighted by Gasteiger charge is 2.19. The maximum atomic E-state index is 5.72. The minimum Gasteiger partial charge on any atom is -0.463 e. The van der Waals surface area contributed by atoms with Crippen molar-refractivity contribution in [2.45, 2.75) is 6.42 Å². The summed E-state index contributed by atoms with van der Waals surface area (Å²) in [6.07, 6.45) is 1.03. The topological polar surface area (TPSA) is 81.6 Å². The van der Waals surface area contributed by atoms with Crippen molar-refractivity contribution in [3.05, 3.63) is 0 Å². The van der Waals surface area contributed by atoms with Crippen LogP contribution in [0.5, 0.6) is 6.01 Å². The van der Waals surface area contributed by atoms with Crippen LogP contribution in [0.3, 0.4) is 0 Å². The standard InChI is InChI=1S/C13H21N5O3/c1-14-11-15-12(18-3-6-19-7-4-18)17-13(16-11)21-9-10-2-5-20-8-10/h10H,2-9H2,1H3,(H,14,15,16,17). The lowest BCUT2D eigenvalue weighted by molar-refractivity contribution is 0.121. The maximum absolute atomic E-state index is 5.72. The molecule has 21 heavy (non-hydrogen) atoms. The molecule has 0 radical (unpaired) electrons. The number of nitrogens with zero attached hydrogens (tertiary/aromatic N) is 4. The fraction of sp³-hybridized carbons (Fsp3) is 0.769. The van der Waals surface area contributed by atoms with E-state index in [4.69, 9.17) is 14.2 Å². The second-order valence-corrected chi connectivity index (χ2v) is 5.13. The van der Waals surface area contributed by atoms with Crippen molar-refractivity contribution in [1.82, 2.24) is 15.0 Å². The summed E-state index contributed by atoms with van der Waals surface area (Å²) >= 11 is 0. The number of hydrogen-bond donors (Lipinski definition) is 1. The van der Waals surface area contributed by atoms with Gasteiger partial charge in [-0.1, -0.05) is 0 Å². The van der Waals surface area contributed by atoms with Crippen molar-refractivity contribution < 1.29 is 14.2 Å². The summed E-state index contributed by atoms with van der Waals surface area (Å²) in [5.41, 5.74) is 0. The lowest BCUT2D eigenvalue weighted by Crippen LogP contribution is -2.37. The lowest BCUT2D eigenvalue weighted by Gasteiger charge is -2.26. The van der Waals surface area contributed by atoms with Crippen molar-refractivity contribution in [2.24, 2.45) is 5.92 Å². The van der Waals surface area contributed by atoms with Crippen LogP contribution in [-0.2, 0) is 9.47 Å². The Morgan fingerprint density at radius 1 is 1.19 bits per heavy atom. The predicted octanol–water partition coefficient (Wildman–Crippen LogP) is 0.165. The molecule has 116 valence electrons. The highest BCUT2D eigenvalue weighted by atomic mass is 16.5. The van der Waals surface area contributed by atoms with Crippen molar-refractivity contribution >= 4 is 11.9 Å². The molecule has 0 aromatic carbocycles. The first-order chi connectivity index (χ1) is 10.3. The van der Waals surface area contributed by atoms with Gasteiger partial charge in [-0.2, -0.15) is 15.0 Å². The van der Waals surface area contributed by atoms with E-state index in [1.165, 1.54) is 0 Å². The molecule has 1 unspecified atom stereocenters. The molecular formula is C13H21N5O3. The van der Waals surface area contributed by atoms with E-state index >= 15 is 0 Å². The molecule has 8 heteroatoms. The van der Waals surface area contributed by atoms with Crippen LogP contribution in [0.25, 0.3) is 0 Å². The number of aromatic nitrogens is 3. The molecule has 2 aliphatic rings. The highest BCUT2D eigenvalue weighted by Crippen LogP contribution is 2.18. The number of ether oxygens (including phenoxy) is 3. The van der Waals surface area contributed by atoms with Gasteiger partial charge in [0.1, 0.15) is 0 Å². The third kappa shape index (κ3) is 3.70. The Bertz CT molecular complexity index is 461. The predicted molar refractivity (Wildman–Crippen MR) is 76.8 cm³/mol. The van der Waals surface area contributed by atoms with Gasteiger partial charge in [-0.05, 0) is 6.42 Å². The van der Waals surface area contributed by atoms with E-state index in [0.29, 0.717) is 43.6 Å². The molecule has 2 fully saturated rings. The van der Waals surface area contributed by atoms with Gasteiger partial charge >= 0.3 is 6.01 Å². The van der Waals surface area contributed by atoms with Crippen LogP contribution in [0.15, 0.2) is 0 Å². The molecule has 8 nitrogen and oxygen atoms in total. The molecule has 0 saturated carbocycles.